The highest BCUT2D eigenvalue weighted by Gasteiger charge is 2.30. The Kier molecular flexibility index (Phi) is 3.82. The number of nitrogens with one attached hydrogen (secondary N) is 1. The molecule has 1 unspecified atom stereocenters. The molecule has 3 N–H and O–H groups in total. The van der Waals surface area contributed by atoms with E-state index in [1.807, 2.05) is 0 Å². The van der Waals surface area contributed by atoms with Gasteiger partial charge in [0.2, 0.25) is 0 Å². The molecule has 17 heavy (non-hydrogen) atoms. The van der Waals surface area contributed by atoms with Crippen molar-refractivity contribution in [3.05, 3.63) is 24.3 Å². The third-order valence-electron chi connectivity index (χ3n) is 1.81. The van der Waals surface area contributed by atoms with Gasteiger partial charge in [0.05, 0.1) is 0 Å². The van der Waals surface area contributed by atoms with Gasteiger partial charge in [-0.3, -0.25) is 5.41 Å². The average molecular weight is 248 g/mol. The number of rotatable bonds is 4. The maximum absolute atomic E-state index is 11.9. The van der Waals surface area contributed by atoms with Crippen molar-refractivity contribution in [3.63, 3.8) is 0 Å². The van der Waals surface area contributed by atoms with E-state index in [9.17, 15) is 13.2 Å². The van der Waals surface area contributed by atoms with Gasteiger partial charge < -0.3 is 15.2 Å². The molecule has 1 rings (SSSR count). The summed E-state index contributed by atoms with van der Waals surface area (Å²) in [7, 11) is 0. The van der Waals surface area contributed by atoms with Crippen LogP contribution in [-0.2, 0) is 0 Å². The minimum atomic E-state index is -4.71. The summed E-state index contributed by atoms with van der Waals surface area (Å²) < 4.78 is 44.4. The standard InChI is InChI=1S/C10H11F3N2O2/c1-6(9(14)15)16-7-2-4-8(5-3-7)17-10(11,12)13/h2-6H,1H3,(H3,14,15). The van der Waals surface area contributed by atoms with Gasteiger partial charge in [0, 0.05) is 0 Å². The molecule has 94 valence electrons. The number of halogens is 3. The zero-order valence-corrected chi connectivity index (χ0v) is 8.91. The van der Waals surface area contributed by atoms with Gasteiger partial charge in [-0.2, -0.15) is 0 Å². The lowest BCUT2D eigenvalue weighted by atomic mass is 10.3. The highest BCUT2D eigenvalue weighted by Crippen LogP contribution is 2.24. The van der Waals surface area contributed by atoms with Crippen molar-refractivity contribution in [2.24, 2.45) is 5.73 Å². The Morgan fingerprint density at radius 1 is 1.24 bits per heavy atom. The molecule has 0 fully saturated rings. The molecular formula is C10H11F3N2O2. The molecule has 0 heterocycles. The fraction of sp³-hybridized carbons (Fsp3) is 0.300. The van der Waals surface area contributed by atoms with E-state index in [-0.39, 0.29) is 11.6 Å². The van der Waals surface area contributed by atoms with Gasteiger partial charge in [0.1, 0.15) is 17.3 Å². The van der Waals surface area contributed by atoms with Gasteiger partial charge in [-0.15, -0.1) is 13.2 Å². The van der Waals surface area contributed by atoms with Crippen LogP contribution in [0.5, 0.6) is 11.5 Å². The molecular weight excluding hydrogens is 237 g/mol. The van der Waals surface area contributed by atoms with E-state index >= 15 is 0 Å². The smallest absolute Gasteiger partial charge is 0.483 e. The molecule has 1 aromatic rings. The highest BCUT2D eigenvalue weighted by molar-refractivity contribution is 5.81. The van der Waals surface area contributed by atoms with Crippen LogP contribution in [0, 0.1) is 5.41 Å². The number of nitrogens with two attached hydrogens (primary N) is 1. The van der Waals surface area contributed by atoms with Crippen LogP contribution in [-0.4, -0.2) is 18.3 Å². The van der Waals surface area contributed by atoms with Gasteiger partial charge in [0.15, 0.2) is 6.10 Å². The molecule has 4 nitrogen and oxygen atoms in total. The number of benzene rings is 1. The number of ether oxygens (including phenoxy) is 2. The Labute approximate surface area is 95.6 Å². The van der Waals surface area contributed by atoms with Gasteiger partial charge in [-0.25, -0.2) is 0 Å². The number of hydrogen-bond donors (Lipinski definition) is 2. The molecule has 0 amide bonds. The third kappa shape index (κ3) is 4.62. The normalized spacial score (nSPS) is 12.9. The van der Waals surface area contributed by atoms with Crippen molar-refractivity contribution in [1.82, 2.24) is 0 Å². The van der Waals surface area contributed by atoms with Crippen molar-refractivity contribution < 1.29 is 22.6 Å². The first kappa shape index (κ1) is 13.1. The van der Waals surface area contributed by atoms with Crippen molar-refractivity contribution >= 4 is 5.84 Å². The van der Waals surface area contributed by atoms with E-state index in [0.717, 1.165) is 12.1 Å². The Hall–Kier alpha value is -1.92. The largest absolute Gasteiger partial charge is 0.573 e. The molecule has 0 bridgehead atoms. The van der Waals surface area contributed by atoms with Crippen LogP contribution in [0.1, 0.15) is 6.92 Å². The summed E-state index contributed by atoms with van der Waals surface area (Å²) in [6.07, 6.45) is -5.35. The van der Waals surface area contributed by atoms with E-state index in [1.165, 1.54) is 12.1 Å². The molecule has 0 saturated heterocycles. The van der Waals surface area contributed by atoms with Crippen LogP contribution < -0.4 is 15.2 Å². The number of alkyl halides is 3. The van der Waals surface area contributed by atoms with Crippen molar-refractivity contribution in [1.29, 1.82) is 5.41 Å². The molecule has 0 aliphatic rings. The monoisotopic (exact) mass is 248 g/mol. The lowest BCUT2D eigenvalue weighted by Crippen LogP contribution is -2.29. The molecule has 0 saturated carbocycles. The predicted octanol–water partition coefficient (Wildman–Crippen LogP) is 2.29. The van der Waals surface area contributed by atoms with Crippen LogP contribution >= 0.6 is 0 Å². The molecule has 0 aromatic heterocycles. The van der Waals surface area contributed by atoms with E-state index in [4.69, 9.17) is 15.9 Å². The van der Waals surface area contributed by atoms with Gasteiger partial charge in [-0.05, 0) is 31.2 Å². The van der Waals surface area contributed by atoms with Gasteiger partial charge in [0.25, 0.3) is 0 Å². The van der Waals surface area contributed by atoms with Crippen molar-refractivity contribution in [2.75, 3.05) is 0 Å². The molecule has 7 heteroatoms. The lowest BCUT2D eigenvalue weighted by molar-refractivity contribution is -0.274. The molecule has 0 radical (unpaired) electrons. The quantitative estimate of drug-likeness (QED) is 0.634. The van der Waals surface area contributed by atoms with E-state index in [1.54, 1.807) is 6.92 Å². The Morgan fingerprint density at radius 2 is 1.71 bits per heavy atom. The molecule has 0 aliphatic heterocycles. The minimum absolute atomic E-state index is 0.166. The van der Waals surface area contributed by atoms with Crippen LogP contribution in [0.2, 0.25) is 0 Å². The highest BCUT2D eigenvalue weighted by atomic mass is 19.4. The summed E-state index contributed by atoms with van der Waals surface area (Å²) in [5.74, 6) is -0.192. The summed E-state index contributed by atoms with van der Waals surface area (Å²) in [4.78, 5) is 0. The first-order chi connectivity index (χ1) is 7.78. The maximum Gasteiger partial charge on any atom is 0.573 e. The zero-order valence-electron chi connectivity index (χ0n) is 8.91. The minimum Gasteiger partial charge on any atom is -0.483 e. The summed E-state index contributed by atoms with van der Waals surface area (Å²) in [5.41, 5.74) is 5.18. The fourth-order valence-electron chi connectivity index (χ4n) is 0.987. The van der Waals surface area contributed by atoms with E-state index < -0.39 is 12.5 Å². The topological polar surface area (TPSA) is 68.3 Å². The SMILES string of the molecule is CC(Oc1ccc(OC(F)(F)F)cc1)C(=N)N. The first-order valence-electron chi connectivity index (χ1n) is 4.64. The lowest BCUT2D eigenvalue weighted by Gasteiger charge is -2.13. The molecule has 1 aromatic carbocycles. The summed E-state index contributed by atoms with van der Waals surface area (Å²) in [5, 5.41) is 7.09. The molecule has 0 spiro atoms. The second kappa shape index (κ2) is 4.94. The van der Waals surface area contributed by atoms with Crippen LogP contribution in [0.25, 0.3) is 0 Å². The van der Waals surface area contributed by atoms with Gasteiger partial charge >= 0.3 is 6.36 Å². The van der Waals surface area contributed by atoms with Crippen molar-refractivity contribution in [3.8, 4) is 11.5 Å². The second-order valence-corrected chi connectivity index (χ2v) is 3.23. The summed E-state index contributed by atoms with van der Waals surface area (Å²) in [6, 6.07) is 4.85. The fourth-order valence-corrected chi connectivity index (χ4v) is 0.987. The van der Waals surface area contributed by atoms with Crippen LogP contribution in [0.4, 0.5) is 13.2 Å². The molecule has 0 aliphatic carbocycles. The van der Waals surface area contributed by atoms with Crippen LogP contribution in [0.15, 0.2) is 24.3 Å². The van der Waals surface area contributed by atoms with Gasteiger partial charge in [-0.1, -0.05) is 0 Å². The van der Waals surface area contributed by atoms with E-state index in [0.29, 0.717) is 5.75 Å². The Bertz CT molecular complexity index is 390. The Morgan fingerprint density at radius 3 is 2.12 bits per heavy atom. The zero-order chi connectivity index (χ0) is 13.1. The second-order valence-electron chi connectivity index (χ2n) is 3.23. The number of amidine groups is 1. The molecule has 1 atom stereocenters. The maximum atomic E-state index is 11.9. The predicted molar refractivity (Wildman–Crippen MR) is 55.1 cm³/mol. The van der Waals surface area contributed by atoms with E-state index in [2.05, 4.69) is 4.74 Å². The summed E-state index contributed by atoms with van der Waals surface area (Å²) >= 11 is 0. The number of hydrogen-bond acceptors (Lipinski definition) is 3. The summed E-state index contributed by atoms with van der Waals surface area (Å²) in [6.45, 7) is 1.56. The first-order valence-corrected chi connectivity index (χ1v) is 4.64. The van der Waals surface area contributed by atoms with Crippen LogP contribution in [0.3, 0.4) is 0 Å². The average Bonchev–Trinajstić information content (AvgIpc) is 2.18. The third-order valence-corrected chi connectivity index (χ3v) is 1.81. The van der Waals surface area contributed by atoms with Crippen molar-refractivity contribution in [2.45, 2.75) is 19.4 Å². The Balaban J connectivity index is 2.65.